The summed E-state index contributed by atoms with van der Waals surface area (Å²) >= 11 is 0. The van der Waals surface area contributed by atoms with E-state index < -0.39 is 0 Å². The maximum atomic E-state index is 3.97. The Kier molecular flexibility index (Phi) is 15.8. The van der Waals surface area contributed by atoms with Crippen LogP contribution in [0.3, 0.4) is 0 Å². The zero-order valence-electron chi connectivity index (χ0n) is 12.6. The van der Waals surface area contributed by atoms with E-state index in [1.165, 1.54) is 12.8 Å². The van der Waals surface area contributed by atoms with Gasteiger partial charge in [0.05, 0.1) is 0 Å². The zero-order valence-corrected chi connectivity index (χ0v) is 14.1. The predicted molar refractivity (Wildman–Crippen MR) is 76.7 cm³/mol. The summed E-state index contributed by atoms with van der Waals surface area (Å²) in [6.07, 6.45) is 6.84. The van der Waals surface area contributed by atoms with E-state index in [-0.39, 0.29) is 32.5 Å². The third-order valence-corrected chi connectivity index (χ3v) is 3.06. The van der Waals surface area contributed by atoms with Crippen LogP contribution in [0.25, 0.3) is 0 Å². The standard InChI is InChI=1S/2C8H16.Ti/c2*1-5-7-8(3,4)6-2;/h2*3-7H2,1-2H3;/q2*-2;+4. The van der Waals surface area contributed by atoms with Gasteiger partial charge in [-0.1, -0.05) is 40.5 Å². The summed E-state index contributed by atoms with van der Waals surface area (Å²) < 4.78 is 0. The number of hydrogen-bond donors (Lipinski definition) is 0. The third kappa shape index (κ3) is 16.7. The van der Waals surface area contributed by atoms with Crippen molar-refractivity contribution in [2.24, 2.45) is 10.8 Å². The first-order chi connectivity index (χ1) is 7.24. The fraction of sp³-hybridized carbons (Fsp3) is 0.750. The summed E-state index contributed by atoms with van der Waals surface area (Å²) in [5.74, 6) is 0. The third-order valence-electron chi connectivity index (χ3n) is 3.06. The van der Waals surface area contributed by atoms with E-state index in [0.717, 1.165) is 25.7 Å². The molecule has 0 bridgehead atoms. The molecule has 0 rings (SSSR count). The van der Waals surface area contributed by atoms with Crippen molar-refractivity contribution in [3.63, 3.8) is 0 Å². The molecule has 0 amide bonds. The van der Waals surface area contributed by atoms with E-state index >= 15 is 0 Å². The van der Waals surface area contributed by atoms with Crippen molar-refractivity contribution in [3.05, 3.63) is 27.7 Å². The molecule has 0 spiro atoms. The Morgan fingerprint density at radius 2 is 0.882 bits per heavy atom. The van der Waals surface area contributed by atoms with Crippen molar-refractivity contribution in [2.75, 3.05) is 0 Å². The van der Waals surface area contributed by atoms with E-state index in [9.17, 15) is 0 Å². The van der Waals surface area contributed by atoms with Crippen LogP contribution >= 0.6 is 0 Å². The van der Waals surface area contributed by atoms with Gasteiger partial charge in [-0.2, -0.15) is 0 Å². The van der Waals surface area contributed by atoms with Crippen molar-refractivity contribution in [3.8, 4) is 0 Å². The molecule has 0 saturated heterocycles. The second kappa shape index (κ2) is 11.8. The van der Waals surface area contributed by atoms with E-state index in [2.05, 4.69) is 55.4 Å². The SMILES string of the molecule is [CH2-]C([CH2-])(CC)CCC.[CH2-]C([CH2-])(CC)CCC.[Ti+4]. The molecule has 100 valence electrons. The van der Waals surface area contributed by atoms with Gasteiger partial charge in [0.2, 0.25) is 0 Å². The van der Waals surface area contributed by atoms with Gasteiger partial charge in [0.1, 0.15) is 0 Å². The topological polar surface area (TPSA) is 0 Å². The van der Waals surface area contributed by atoms with E-state index in [1.54, 1.807) is 0 Å². The molecular formula is C16H32Ti. The number of rotatable bonds is 6. The van der Waals surface area contributed by atoms with Crippen LogP contribution in [-0.2, 0) is 21.7 Å². The van der Waals surface area contributed by atoms with Crippen LogP contribution in [0.2, 0.25) is 0 Å². The largest absolute Gasteiger partial charge is 4.00 e. The van der Waals surface area contributed by atoms with Crippen molar-refractivity contribution in [2.45, 2.75) is 66.2 Å². The average molecular weight is 272 g/mol. The molecule has 0 aromatic rings. The van der Waals surface area contributed by atoms with Gasteiger partial charge in [0.25, 0.3) is 0 Å². The molecule has 0 unspecified atom stereocenters. The molecule has 0 nitrogen and oxygen atoms in total. The molecule has 1 heteroatoms. The van der Waals surface area contributed by atoms with Crippen LogP contribution in [0.4, 0.5) is 0 Å². The summed E-state index contributed by atoms with van der Waals surface area (Å²) in [5, 5.41) is 0. The Morgan fingerprint density at radius 3 is 0.941 bits per heavy atom. The summed E-state index contributed by atoms with van der Waals surface area (Å²) in [7, 11) is 0. The molecule has 0 aromatic carbocycles. The quantitative estimate of drug-likeness (QED) is 0.430. The first-order valence-corrected chi connectivity index (χ1v) is 6.66. The fourth-order valence-corrected chi connectivity index (χ4v) is 1.41. The maximum Gasteiger partial charge on any atom is 4.00 e. The van der Waals surface area contributed by atoms with Crippen LogP contribution in [0.1, 0.15) is 66.2 Å². The second-order valence-electron chi connectivity index (χ2n) is 5.21. The van der Waals surface area contributed by atoms with Gasteiger partial charge in [-0.3, -0.25) is 10.8 Å². The zero-order chi connectivity index (χ0) is 13.2. The monoisotopic (exact) mass is 272 g/mol. The first kappa shape index (κ1) is 22.9. The van der Waals surface area contributed by atoms with Gasteiger partial charge < -0.3 is 27.7 Å². The minimum absolute atomic E-state index is 0. The predicted octanol–water partition coefficient (Wildman–Crippen LogP) is 5.70. The molecule has 0 N–H and O–H groups in total. The average Bonchev–Trinajstić information content (AvgIpc) is 2.19. The molecule has 0 aliphatic heterocycles. The van der Waals surface area contributed by atoms with Gasteiger partial charge in [-0.15, -0.1) is 25.7 Å². The van der Waals surface area contributed by atoms with Gasteiger partial charge in [-0.05, 0) is 0 Å². The molecule has 0 aromatic heterocycles. The van der Waals surface area contributed by atoms with E-state index in [4.69, 9.17) is 0 Å². The van der Waals surface area contributed by atoms with Gasteiger partial charge >= 0.3 is 21.7 Å². The normalized spacial score (nSPS) is 11.3. The molecule has 0 heterocycles. The molecule has 0 fully saturated rings. The van der Waals surface area contributed by atoms with Crippen molar-refractivity contribution < 1.29 is 21.7 Å². The van der Waals surface area contributed by atoms with Crippen molar-refractivity contribution >= 4 is 0 Å². The minimum Gasteiger partial charge on any atom is -0.367 e. The van der Waals surface area contributed by atoms with Gasteiger partial charge in [0, 0.05) is 0 Å². The van der Waals surface area contributed by atoms with Crippen LogP contribution in [0, 0.1) is 38.5 Å². The van der Waals surface area contributed by atoms with E-state index in [1.807, 2.05) is 0 Å². The first-order valence-electron chi connectivity index (χ1n) is 6.66. The Labute approximate surface area is 126 Å². The van der Waals surface area contributed by atoms with Crippen LogP contribution < -0.4 is 0 Å². The molecular weight excluding hydrogens is 240 g/mol. The van der Waals surface area contributed by atoms with Gasteiger partial charge in [-0.25, -0.2) is 0 Å². The second-order valence-corrected chi connectivity index (χ2v) is 5.21. The Morgan fingerprint density at radius 1 is 0.647 bits per heavy atom. The Balaban J connectivity index is -0.000000218. The fourth-order valence-electron chi connectivity index (χ4n) is 1.41. The van der Waals surface area contributed by atoms with E-state index in [0.29, 0.717) is 0 Å². The molecule has 0 atom stereocenters. The summed E-state index contributed by atoms with van der Waals surface area (Å²) in [5.41, 5.74) is 0.184. The van der Waals surface area contributed by atoms with Crippen LogP contribution in [0.5, 0.6) is 0 Å². The molecule has 0 radical (unpaired) electrons. The minimum atomic E-state index is 0. The molecule has 0 aliphatic rings. The Hall–Kier alpha value is 0.714. The van der Waals surface area contributed by atoms with Crippen LogP contribution in [-0.4, -0.2) is 0 Å². The Bertz CT molecular complexity index is 130. The molecule has 0 aliphatic carbocycles. The van der Waals surface area contributed by atoms with Crippen LogP contribution in [0.15, 0.2) is 0 Å². The van der Waals surface area contributed by atoms with Gasteiger partial charge in [0.15, 0.2) is 0 Å². The summed E-state index contributed by atoms with van der Waals surface area (Å²) in [4.78, 5) is 0. The molecule has 0 saturated carbocycles. The van der Waals surface area contributed by atoms with Crippen molar-refractivity contribution in [1.82, 2.24) is 0 Å². The van der Waals surface area contributed by atoms with Crippen molar-refractivity contribution in [1.29, 1.82) is 0 Å². The summed E-state index contributed by atoms with van der Waals surface area (Å²) in [6, 6.07) is 0. The maximum absolute atomic E-state index is 3.97. The number of hydrogen-bond acceptors (Lipinski definition) is 0. The molecule has 17 heavy (non-hydrogen) atoms. The smallest absolute Gasteiger partial charge is 0.367 e. The summed E-state index contributed by atoms with van der Waals surface area (Å²) in [6.45, 7) is 24.5.